The number of rotatable bonds is 5. The molecule has 6 heteroatoms. The third-order valence-corrected chi connectivity index (χ3v) is 4.33. The van der Waals surface area contributed by atoms with Gasteiger partial charge < -0.3 is 11.5 Å². The molecular weight excluding hydrogens is 379 g/mol. The monoisotopic (exact) mass is 408 g/mol. The Morgan fingerprint density at radius 2 is 1.59 bits per heavy atom. The molecule has 0 bridgehead atoms. The van der Waals surface area contributed by atoms with Crippen LogP contribution < -0.4 is 11.5 Å². The fourth-order valence-electron chi connectivity index (χ4n) is 3.16. The van der Waals surface area contributed by atoms with Gasteiger partial charge in [0.25, 0.3) is 0 Å². The number of benzene rings is 1. The Morgan fingerprint density at radius 1 is 1.00 bits per heavy atom. The highest BCUT2D eigenvalue weighted by Crippen LogP contribution is 2.34. The molecule has 0 saturated carbocycles. The Bertz CT molecular complexity index is 788. The Labute approximate surface area is 175 Å². The van der Waals surface area contributed by atoms with Crippen molar-refractivity contribution >= 4 is 24.8 Å². The summed E-state index contributed by atoms with van der Waals surface area (Å²) in [7, 11) is 0. The van der Waals surface area contributed by atoms with E-state index in [0.717, 1.165) is 45.6 Å². The molecule has 0 unspecified atom stereocenters. The van der Waals surface area contributed by atoms with E-state index in [2.05, 4.69) is 39.0 Å². The Kier molecular flexibility index (Phi) is 9.99. The lowest BCUT2D eigenvalue weighted by atomic mass is 9.84. The van der Waals surface area contributed by atoms with E-state index in [4.69, 9.17) is 16.5 Å². The smallest absolute Gasteiger partial charge is 0.0670 e. The molecule has 0 aliphatic carbocycles. The number of halogens is 2. The van der Waals surface area contributed by atoms with Gasteiger partial charge in [-0.05, 0) is 46.6 Å². The van der Waals surface area contributed by atoms with Crippen LogP contribution in [0, 0.1) is 23.7 Å². The summed E-state index contributed by atoms with van der Waals surface area (Å²) in [6.45, 7) is 9.50. The average molecular weight is 409 g/mol. The van der Waals surface area contributed by atoms with Gasteiger partial charge in [-0.15, -0.1) is 24.8 Å². The molecule has 4 N–H and O–H groups in total. The molecular formula is C21H30Cl2N4. The minimum atomic E-state index is 0. The van der Waals surface area contributed by atoms with Crippen LogP contribution in [0.3, 0.4) is 0 Å². The molecule has 0 saturated heterocycles. The summed E-state index contributed by atoms with van der Waals surface area (Å²) < 4.78 is 0. The molecule has 1 aromatic carbocycles. The van der Waals surface area contributed by atoms with E-state index in [1.54, 1.807) is 0 Å². The van der Waals surface area contributed by atoms with Crippen molar-refractivity contribution in [3.05, 3.63) is 52.3 Å². The van der Waals surface area contributed by atoms with Crippen molar-refractivity contribution in [2.75, 3.05) is 0 Å². The maximum Gasteiger partial charge on any atom is 0.0670 e. The Morgan fingerprint density at radius 3 is 2.04 bits per heavy atom. The van der Waals surface area contributed by atoms with Gasteiger partial charge in [0.15, 0.2) is 0 Å². The molecule has 0 radical (unpaired) electrons. The number of aromatic nitrogens is 1. The van der Waals surface area contributed by atoms with Crippen molar-refractivity contribution in [3.8, 4) is 17.2 Å². The third kappa shape index (κ3) is 6.19. The molecule has 0 amide bonds. The predicted octanol–water partition coefficient (Wildman–Crippen LogP) is 4.47. The number of nitriles is 1. The molecule has 0 atom stereocenters. The van der Waals surface area contributed by atoms with Crippen LogP contribution >= 0.6 is 24.8 Å². The van der Waals surface area contributed by atoms with Gasteiger partial charge in [0.05, 0.1) is 12.5 Å². The number of nitrogens with two attached hydrogens (primary N) is 2. The normalized spacial score (nSPS) is 10.6. The second-order valence-corrected chi connectivity index (χ2v) is 7.65. The topological polar surface area (TPSA) is 88.7 Å². The Hall–Kier alpha value is -1.64. The van der Waals surface area contributed by atoms with E-state index in [-0.39, 0.29) is 30.2 Å². The molecule has 2 rings (SSSR count). The summed E-state index contributed by atoms with van der Waals surface area (Å²) in [5, 5.41) is 9.29. The Balaban J connectivity index is 0.00000338. The fourth-order valence-corrected chi connectivity index (χ4v) is 3.16. The first-order valence-corrected chi connectivity index (χ1v) is 8.68. The lowest BCUT2D eigenvalue weighted by Gasteiger charge is -2.24. The van der Waals surface area contributed by atoms with E-state index in [1.165, 1.54) is 0 Å². The number of aryl methyl sites for hydroxylation is 1. The third-order valence-electron chi connectivity index (χ3n) is 4.33. The lowest BCUT2D eigenvalue weighted by molar-refractivity contribution is 0.404. The van der Waals surface area contributed by atoms with E-state index < -0.39 is 0 Å². The van der Waals surface area contributed by atoms with Gasteiger partial charge >= 0.3 is 0 Å². The highest BCUT2D eigenvalue weighted by molar-refractivity contribution is 5.85. The summed E-state index contributed by atoms with van der Waals surface area (Å²) >= 11 is 0. The van der Waals surface area contributed by atoms with Crippen molar-refractivity contribution in [2.24, 2.45) is 16.9 Å². The number of pyridine rings is 1. The van der Waals surface area contributed by atoms with Crippen LogP contribution in [0.1, 0.15) is 48.8 Å². The second kappa shape index (κ2) is 10.6. The largest absolute Gasteiger partial charge is 0.326 e. The standard InChI is InChI=1S/C21H28N4.2ClH/c1-14-17(9-10-22)20(16-7-5-15(12-23)6-8-16)18(13-24)19(25-14)11-21(2,3)4;;/h5-8H,9,11-13,23-24H2,1-4H3;2*1H. The van der Waals surface area contributed by atoms with Crippen LogP contribution in [0.2, 0.25) is 0 Å². The van der Waals surface area contributed by atoms with Gasteiger partial charge in [0, 0.05) is 24.5 Å². The summed E-state index contributed by atoms with van der Waals surface area (Å²) in [4.78, 5) is 4.82. The molecule has 1 aromatic heterocycles. The summed E-state index contributed by atoms with van der Waals surface area (Å²) in [6.07, 6.45) is 1.18. The zero-order chi connectivity index (χ0) is 18.6. The maximum atomic E-state index is 9.29. The quantitative estimate of drug-likeness (QED) is 0.762. The molecule has 0 fully saturated rings. The molecule has 0 aliphatic rings. The van der Waals surface area contributed by atoms with E-state index in [0.29, 0.717) is 19.5 Å². The van der Waals surface area contributed by atoms with Gasteiger partial charge in [-0.2, -0.15) is 5.26 Å². The molecule has 1 heterocycles. The molecule has 148 valence electrons. The van der Waals surface area contributed by atoms with Crippen molar-refractivity contribution in [2.45, 2.75) is 53.6 Å². The lowest BCUT2D eigenvalue weighted by Crippen LogP contribution is -2.17. The fraction of sp³-hybridized carbons (Fsp3) is 0.429. The van der Waals surface area contributed by atoms with Crippen LogP contribution in [0.5, 0.6) is 0 Å². The SMILES string of the molecule is Cc1nc(CC(C)(C)C)c(CN)c(-c2ccc(CN)cc2)c1CC#N.Cl.Cl. The predicted molar refractivity (Wildman–Crippen MR) is 117 cm³/mol. The average Bonchev–Trinajstić information content (AvgIpc) is 2.55. The number of hydrogen-bond acceptors (Lipinski definition) is 4. The highest BCUT2D eigenvalue weighted by Gasteiger charge is 2.22. The highest BCUT2D eigenvalue weighted by atomic mass is 35.5. The minimum Gasteiger partial charge on any atom is -0.326 e. The zero-order valence-electron chi connectivity index (χ0n) is 16.5. The molecule has 27 heavy (non-hydrogen) atoms. The summed E-state index contributed by atoms with van der Waals surface area (Å²) in [6, 6.07) is 10.5. The molecule has 4 nitrogen and oxygen atoms in total. The van der Waals surface area contributed by atoms with Crippen LogP contribution in [0.25, 0.3) is 11.1 Å². The first-order valence-electron chi connectivity index (χ1n) is 8.68. The molecule has 2 aromatic rings. The van der Waals surface area contributed by atoms with Gasteiger partial charge in [0.1, 0.15) is 0 Å². The van der Waals surface area contributed by atoms with Crippen molar-refractivity contribution in [1.29, 1.82) is 5.26 Å². The van der Waals surface area contributed by atoms with Crippen molar-refractivity contribution < 1.29 is 0 Å². The van der Waals surface area contributed by atoms with Gasteiger partial charge in [0.2, 0.25) is 0 Å². The van der Waals surface area contributed by atoms with E-state index in [9.17, 15) is 5.26 Å². The first kappa shape index (κ1) is 25.4. The van der Waals surface area contributed by atoms with Gasteiger partial charge in [-0.25, -0.2) is 0 Å². The zero-order valence-corrected chi connectivity index (χ0v) is 18.1. The van der Waals surface area contributed by atoms with Crippen molar-refractivity contribution in [1.82, 2.24) is 4.98 Å². The van der Waals surface area contributed by atoms with E-state index in [1.807, 2.05) is 19.1 Å². The van der Waals surface area contributed by atoms with Crippen LogP contribution in [-0.4, -0.2) is 4.98 Å². The second-order valence-electron chi connectivity index (χ2n) is 7.65. The summed E-state index contributed by atoms with van der Waals surface area (Å²) in [5.74, 6) is 0. The summed E-state index contributed by atoms with van der Waals surface area (Å²) in [5.41, 5.74) is 19.2. The number of nitrogens with zero attached hydrogens (tertiary/aromatic N) is 2. The van der Waals surface area contributed by atoms with Gasteiger partial charge in [-0.3, -0.25) is 4.98 Å². The molecule has 0 spiro atoms. The van der Waals surface area contributed by atoms with Gasteiger partial charge in [-0.1, -0.05) is 45.0 Å². The maximum absolute atomic E-state index is 9.29. The van der Waals surface area contributed by atoms with Crippen LogP contribution in [0.15, 0.2) is 24.3 Å². The first-order chi connectivity index (χ1) is 11.8. The van der Waals surface area contributed by atoms with Crippen molar-refractivity contribution in [3.63, 3.8) is 0 Å². The number of hydrogen-bond donors (Lipinski definition) is 2. The van der Waals surface area contributed by atoms with Crippen LogP contribution in [-0.2, 0) is 25.9 Å². The van der Waals surface area contributed by atoms with E-state index >= 15 is 0 Å². The molecule has 0 aliphatic heterocycles. The van der Waals surface area contributed by atoms with Crippen LogP contribution in [0.4, 0.5) is 0 Å². The minimum absolute atomic E-state index is 0.